The number of aliphatic carboxylic acids is 1. The predicted octanol–water partition coefficient (Wildman–Crippen LogP) is 3.07. The van der Waals surface area contributed by atoms with Crippen molar-refractivity contribution in [2.24, 2.45) is 0 Å². The fourth-order valence-corrected chi connectivity index (χ4v) is 1.81. The lowest BCUT2D eigenvalue weighted by Gasteiger charge is -2.05. The Morgan fingerprint density at radius 3 is 2.25 bits per heavy atom. The summed E-state index contributed by atoms with van der Waals surface area (Å²) in [5, 5.41) is 12.4. The van der Waals surface area contributed by atoms with Gasteiger partial charge in [-0.25, -0.2) is 4.79 Å². The van der Waals surface area contributed by atoms with Crippen LogP contribution in [0.1, 0.15) is 12.5 Å². The maximum atomic E-state index is 12.0. The highest BCUT2D eigenvalue weighted by Crippen LogP contribution is 2.22. The fourth-order valence-electron chi connectivity index (χ4n) is 1.46. The Morgan fingerprint density at radius 2 is 1.80 bits per heavy atom. The molecule has 0 atom stereocenters. The highest BCUT2D eigenvalue weighted by Gasteiger charge is 2.19. The van der Waals surface area contributed by atoms with Gasteiger partial charge in [-0.2, -0.15) is 0 Å². The molecule has 0 spiro atoms. The third kappa shape index (κ3) is 4.11. The summed E-state index contributed by atoms with van der Waals surface area (Å²) in [4.78, 5) is 23.1. The number of carboxylic acids is 1. The standard InChI is InChI=1S/C14H13Cl2NO3/c1-8(17-2)13(14(19)20)12(18)7-11(16)9-3-5-10(15)6-4-9/h3-7,17H,1-2H3,(H,19,20)/b11-7?,13-8-. The number of hydrogen-bond donors (Lipinski definition) is 2. The molecule has 4 nitrogen and oxygen atoms in total. The number of benzene rings is 1. The highest BCUT2D eigenvalue weighted by molar-refractivity contribution is 6.51. The molecule has 0 saturated carbocycles. The van der Waals surface area contributed by atoms with Crippen molar-refractivity contribution in [1.82, 2.24) is 5.32 Å². The van der Waals surface area contributed by atoms with Gasteiger partial charge >= 0.3 is 5.97 Å². The maximum absolute atomic E-state index is 12.0. The average Bonchev–Trinajstić information content (AvgIpc) is 2.38. The number of rotatable bonds is 5. The monoisotopic (exact) mass is 313 g/mol. The van der Waals surface area contributed by atoms with Gasteiger partial charge in [0.1, 0.15) is 5.57 Å². The number of hydrogen-bond acceptors (Lipinski definition) is 3. The van der Waals surface area contributed by atoms with E-state index < -0.39 is 11.8 Å². The SMILES string of the molecule is CN/C(C)=C(\C(=O)O)C(=O)C=C(Cl)c1ccc(Cl)cc1. The maximum Gasteiger partial charge on any atom is 0.341 e. The first-order chi connectivity index (χ1) is 9.36. The summed E-state index contributed by atoms with van der Waals surface area (Å²) in [5.74, 6) is -1.98. The Kier molecular flexibility index (Phi) is 5.80. The number of carbonyl (C=O) groups is 2. The van der Waals surface area contributed by atoms with E-state index in [1.54, 1.807) is 24.3 Å². The van der Waals surface area contributed by atoms with Crippen LogP contribution in [0.15, 0.2) is 41.6 Å². The van der Waals surface area contributed by atoms with E-state index in [1.165, 1.54) is 14.0 Å². The molecule has 0 aromatic heterocycles. The van der Waals surface area contributed by atoms with Gasteiger partial charge in [-0.3, -0.25) is 4.79 Å². The summed E-state index contributed by atoms with van der Waals surface area (Å²) in [5.41, 5.74) is 0.496. The molecular formula is C14H13Cl2NO3. The summed E-state index contributed by atoms with van der Waals surface area (Å²) in [7, 11) is 1.54. The van der Waals surface area contributed by atoms with Crippen molar-refractivity contribution >= 4 is 40.0 Å². The third-order valence-electron chi connectivity index (χ3n) is 2.59. The van der Waals surface area contributed by atoms with Crippen LogP contribution < -0.4 is 5.32 Å². The molecule has 0 radical (unpaired) electrons. The van der Waals surface area contributed by atoms with E-state index in [2.05, 4.69) is 5.32 Å². The van der Waals surface area contributed by atoms with Crippen LogP contribution in [0.3, 0.4) is 0 Å². The van der Waals surface area contributed by atoms with Crippen LogP contribution in [0.2, 0.25) is 5.02 Å². The smallest absolute Gasteiger partial charge is 0.341 e. The molecule has 0 aliphatic rings. The van der Waals surface area contributed by atoms with Crippen LogP contribution in [0, 0.1) is 0 Å². The number of carboxylic acid groups (broad SMARTS) is 1. The molecule has 1 aromatic rings. The molecule has 0 aliphatic carbocycles. The van der Waals surface area contributed by atoms with Gasteiger partial charge < -0.3 is 10.4 Å². The van der Waals surface area contributed by atoms with Crippen LogP contribution >= 0.6 is 23.2 Å². The van der Waals surface area contributed by atoms with E-state index >= 15 is 0 Å². The second kappa shape index (κ2) is 7.12. The van der Waals surface area contributed by atoms with Gasteiger partial charge in [-0.05, 0) is 24.6 Å². The minimum Gasteiger partial charge on any atom is -0.477 e. The minimum atomic E-state index is -1.31. The molecule has 0 bridgehead atoms. The highest BCUT2D eigenvalue weighted by atomic mass is 35.5. The van der Waals surface area contributed by atoms with E-state index in [9.17, 15) is 9.59 Å². The van der Waals surface area contributed by atoms with Gasteiger partial charge in [0.15, 0.2) is 5.78 Å². The van der Waals surface area contributed by atoms with Crippen molar-refractivity contribution in [2.45, 2.75) is 6.92 Å². The van der Waals surface area contributed by atoms with E-state index in [4.69, 9.17) is 28.3 Å². The zero-order valence-electron chi connectivity index (χ0n) is 10.9. The van der Waals surface area contributed by atoms with Crippen molar-refractivity contribution in [1.29, 1.82) is 0 Å². The Bertz CT molecular complexity index is 589. The zero-order valence-corrected chi connectivity index (χ0v) is 12.4. The predicted molar refractivity (Wildman–Crippen MR) is 79.7 cm³/mol. The van der Waals surface area contributed by atoms with Gasteiger partial charge in [-0.15, -0.1) is 0 Å². The third-order valence-corrected chi connectivity index (χ3v) is 3.17. The lowest BCUT2D eigenvalue weighted by atomic mass is 10.1. The molecule has 0 unspecified atom stereocenters. The van der Waals surface area contributed by atoms with Gasteiger partial charge in [0.2, 0.25) is 0 Å². The summed E-state index contributed by atoms with van der Waals surface area (Å²) in [6, 6.07) is 6.54. The normalized spacial score (nSPS) is 12.7. The Hall–Kier alpha value is -1.78. The lowest BCUT2D eigenvalue weighted by molar-refractivity contribution is -0.134. The Labute approximate surface area is 126 Å². The fraction of sp³-hybridized carbons (Fsp3) is 0.143. The quantitative estimate of drug-likeness (QED) is 0.498. The van der Waals surface area contributed by atoms with Gasteiger partial charge in [-0.1, -0.05) is 35.3 Å². The number of halogens is 2. The number of nitrogens with one attached hydrogen (secondary N) is 1. The van der Waals surface area contributed by atoms with Crippen molar-refractivity contribution in [3.63, 3.8) is 0 Å². The van der Waals surface area contributed by atoms with E-state index in [1.807, 2.05) is 0 Å². The molecule has 0 heterocycles. The van der Waals surface area contributed by atoms with Crippen molar-refractivity contribution in [3.05, 3.63) is 52.2 Å². The second-order valence-corrected chi connectivity index (χ2v) is 4.76. The van der Waals surface area contributed by atoms with Crippen LogP contribution in [0.25, 0.3) is 5.03 Å². The van der Waals surface area contributed by atoms with Gasteiger partial charge in [0.25, 0.3) is 0 Å². The van der Waals surface area contributed by atoms with E-state index in [0.29, 0.717) is 10.6 Å². The Morgan fingerprint density at radius 1 is 1.25 bits per heavy atom. The van der Waals surface area contributed by atoms with Crippen LogP contribution in [-0.4, -0.2) is 23.9 Å². The first-order valence-corrected chi connectivity index (χ1v) is 6.41. The molecule has 1 aromatic carbocycles. The van der Waals surface area contributed by atoms with E-state index in [-0.39, 0.29) is 16.3 Å². The molecule has 1 rings (SSSR count). The lowest BCUT2D eigenvalue weighted by Crippen LogP contribution is -2.18. The molecule has 0 aliphatic heterocycles. The molecule has 0 amide bonds. The molecule has 0 fully saturated rings. The van der Waals surface area contributed by atoms with Crippen molar-refractivity contribution in [2.75, 3.05) is 7.05 Å². The van der Waals surface area contributed by atoms with Gasteiger partial charge in [0, 0.05) is 23.8 Å². The molecule has 6 heteroatoms. The van der Waals surface area contributed by atoms with E-state index in [0.717, 1.165) is 6.08 Å². The summed E-state index contributed by atoms with van der Waals surface area (Å²) in [6.45, 7) is 1.51. The molecule has 106 valence electrons. The zero-order chi connectivity index (χ0) is 15.3. The summed E-state index contributed by atoms with van der Waals surface area (Å²) < 4.78 is 0. The second-order valence-electron chi connectivity index (χ2n) is 3.92. The van der Waals surface area contributed by atoms with Crippen molar-refractivity contribution in [3.8, 4) is 0 Å². The van der Waals surface area contributed by atoms with Crippen LogP contribution in [0.4, 0.5) is 0 Å². The number of carbonyl (C=O) groups excluding carboxylic acids is 1. The van der Waals surface area contributed by atoms with Crippen LogP contribution in [-0.2, 0) is 9.59 Å². The minimum absolute atomic E-state index is 0.148. The van der Waals surface area contributed by atoms with Gasteiger partial charge in [0.05, 0.1) is 5.03 Å². The Balaban J connectivity index is 3.12. The largest absolute Gasteiger partial charge is 0.477 e. The molecule has 0 saturated heterocycles. The van der Waals surface area contributed by atoms with Crippen molar-refractivity contribution < 1.29 is 14.7 Å². The first-order valence-electron chi connectivity index (χ1n) is 5.66. The average molecular weight is 314 g/mol. The topological polar surface area (TPSA) is 66.4 Å². The van der Waals surface area contributed by atoms with Crippen LogP contribution in [0.5, 0.6) is 0 Å². The molecule has 20 heavy (non-hydrogen) atoms. The summed E-state index contributed by atoms with van der Waals surface area (Å²) in [6.07, 6.45) is 1.08. The molecular weight excluding hydrogens is 301 g/mol. The number of allylic oxidation sites excluding steroid dienone is 2. The number of ketones is 1. The first kappa shape index (κ1) is 16.3. The summed E-state index contributed by atoms with van der Waals surface area (Å²) >= 11 is 11.8. The molecule has 2 N–H and O–H groups in total.